The maximum atomic E-state index is 11.9. The maximum Gasteiger partial charge on any atom is 0.225 e. The van der Waals surface area contributed by atoms with Crippen molar-refractivity contribution >= 4 is 5.91 Å². The fourth-order valence-corrected chi connectivity index (χ4v) is 2.27. The molecule has 1 aliphatic rings. The quantitative estimate of drug-likeness (QED) is 0.703. The van der Waals surface area contributed by atoms with Crippen LogP contribution in [-0.2, 0) is 4.79 Å². The van der Waals surface area contributed by atoms with Crippen LogP contribution in [0.5, 0.6) is 0 Å². The molecule has 1 rings (SSSR count). The summed E-state index contributed by atoms with van der Waals surface area (Å²) in [6, 6.07) is 0. The van der Waals surface area contributed by atoms with E-state index in [1.807, 2.05) is 6.92 Å². The first-order valence-electron chi connectivity index (χ1n) is 6.35. The standard InChI is InChI=1S/C13H25NO/c1-5-11(4)13(15)14-8-6-12(7-9-14)10(2)3/h10-12H,5-9H2,1-4H3. The van der Waals surface area contributed by atoms with Crippen molar-refractivity contribution in [2.24, 2.45) is 17.8 Å². The van der Waals surface area contributed by atoms with Gasteiger partial charge in [-0.15, -0.1) is 0 Å². The second kappa shape index (κ2) is 5.53. The third-order valence-corrected chi connectivity index (χ3v) is 3.83. The first-order chi connectivity index (χ1) is 7.06. The van der Waals surface area contributed by atoms with E-state index >= 15 is 0 Å². The van der Waals surface area contributed by atoms with Gasteiger partial charge in [0.2, 0.25) is 5.91 Å². The first-order valence-corrected chi connectivity index (χ1v) is 6.35. The smallest absolute Gasteiger partial charge is 0.225 e. The zero-order valence-electron chi connectivity index (χ0n) is 10.6. The van der Waals surface area contributed by atoms with Crippen LogP contribution in [0.1, 0.15) is 47.0 Å². The maximum absolute atomic E-state index is 11.9. The molecule has 2 heteroatoms. The second-order valence-electron chi connectivity index (χ2n) is 5.22. The second-order valence-corrected chi connectivity index (χ2v) is 5.22. The summed E-state index contributed by atoms with van der Waals surface area (Å²) in [5.74, 6) is 2.16. The van der Waals surface area contributed by atoms with Crippen LogP contribution in [0.15, 0.2) is 0 Å². The highest BCUT2D eigenvalue weighted by atomic mass is 16.2. The lowest BCUT2D eigenvalue weighted by molar-refractivity contribution is -0.136. The van der Waals surface area contributed by atoms with Gasteiger partial charge in [-0.1, -0.05) is 27.7 Å². The number of nitrogens with zero attached hydrogens (tertiary/aromatic N) is 1. The van der Waals surface area contributed by atoms with Crippen molar-refractivity contribution in [3.05, 3.63) is 0 Å². The minimum atomic E-state index is 0.209. The molecule has 0 aromatic heterocycles. The van der Waals surface area contributed by atoms with E-state index in [-0.39, 0.29) is 5.92 Å². The van der Waals surface area contributed by atoms with Crippen molar-refractivity contribution in [3.63, 3.8) is 0 Å². The normalized spacial score (nSPS) is 20.7. The zero-order chi connectivity index (χ0) is 11.4. The van der Waals surface area contributed by atoms with Crippen LogP contribution < -0.4 is 0 Å². The highest BCUT2D eigenvalue weighted by Crippen LogP contribution is 2.25. The van der Waals surface area contributed by atoms with Gasteiger partial charge in [0.1, 0.15) is 0 Å². The Kier molecular flexibility index (Phi) is 4.62. The SMILES string of the molecule is CCC(C)C(=O)N1CCC(C(C)C)CC1. The van der Waals surface area contributed by atoms with E-state index in [9.17, 15) is 4.79 Å². The molecule has 0 spiro atoms. The Bertz CT molecular complexity index is 205. The van der Waals surface area contributed by atoms with Crippen molar-refractivity contribution in [1.82, 2.24) is 4.90 Å². The van der Waals surface area contributed by atoms with E-state index in [0.717, 1.165) is 31.3 Å². The van der Waals surface area contributed by atoms with Crippen LogP contribution in [0, 0.1) is 17.8 Å². The number of amides is 1. The van der Waals surface area contributed by atoms with Gasteiger partial charge in [-0.25, -0.2) is 0 Å². The molecule has 0 saturated carbocycles. The van der Waals surface area contributed by atoms with Gasteiger partial charge in [0, 0.05) is 19.0 Å². The topological polar surface area (TPSA) is 20.3 Å². The molecule has 1 atom stereocenters. The summed E-state index contributed by atoms with van der Waals surface area (Å²) >= 11 is 0. The Balaban J connectivity index is 2.40. The summed E-state index contributed by atoms with van der Waals surface area (Å²) in [4.78, 5) is 14.0. The largest absolute Gasteiger partial charge is 0.342 e. The molecule has 2 nitrogen and oxygen atoms in total. The Morgan fingerprint density at radius 2 is 1.80 bits per heavy atom. The van der Waals surface area contributed by atoms with E-state index < -0.39 is 0 Å². The summed E-state index contributed by atoms with van der Waals surface area (Å²) < 4.78 is 0. The molecule has 0 aromatic carbocycles. The number of hydrogen-bond acceptors (Lipinski definition) is 1. The monoisotopic (exact) mass is 211 g/mol. The minimum absolute atomic E-state index is 0.209. The van der Waals surface area contributed by atoms with Crippen molar-refractivity contribution in [2.75, 3.05) is 13.1 Å². The van der Waals surface area contributed by atoms with Gasteiger partial charge in [0.15, 0.2) is 0 Å². The number of likely N-dealkylation sites (tertiary alicyclic amines) is 1. The molecule has 1 fully saturated rings. The Hall–Kier alpha value is -0.530. The summed E-state index contributed by atoms with van der Waals surface area (Å²) in [7, 11) is 0. The summed E-state index contributed by atoms with van der Waals surface area (Å²) in [6.45, 7) is 10.7. The average molecular weight is 211 g/mol. The van der Waals surface area contributed by atoms with Crippen molar-refractivity contribution in [1.29, 1.82) is 0 Å². The number of piperidine rings is 1. The number of rotatable bonds is 3. The van der Waals surface area contributed by atoms with E-state index in [1.54, 1.807) is 0 Å². The number of carbonyl (C=O) groups is 1. The third kappa shape index (κ3) is 3.22. The Morgan fingerprint density at radius 3 is 2.20 bits per heavy atom. The van der Waals surface area contributed by atoms with E-state index in [4.69, 9.17) is 0 Å². The number of carbonyl (C=O) groups excluding carboxylic acids is 1. The molecule has 1 amide bonds. The van der Waals surface area contributed by atoms with Gasteiger partial charge in [0.25, 0.3) is 0 Å². The first kappa shape index (κ1) is 12.5. The lowest BCUT2D eigenvalue weighted by Crippen LogP contribution is -2.41. The molecule has 0 radical (unpaired) electrons. The van der Waals surface area contributed by atoms with E-state index in [1.165, 1.54) is 12.8 Å². The summed E-state index contributed by atoms with van der Waals surface area (Å²) in [5, 5.41) is 0. The van der Waals surface area contributed by atoms with Gasteiger partial charge in [0.05, 0.1) is 0 Å². The Labute approximate surface area is 94.0 Å². The predicted octanol–water partition coefficient (Wildman–Crippen LogP) is 2.93. The molecule has 0 aromatic rings. The van der Waals surface area contributed by atoms with Crippen LogP contribution in [0.2, 0.25) is 0 Å². The molecule has 15 heavy (non-hydrogen) atoms. The van der Waals surface area contributed by atoms with Crippen molar-refractivity contribution in [3.8, 4) is 0 Å². The predicted molar refractivity (Wildman–Crippen MR) is 63.6 cm³/mol. The molecular weight excluding hydrogens is 186 g/mol. The van der Waals surface area contributed by atoms with Crippen molar-refractivity contribution in [2.45, 2.75) is 47.0 Å². The van der Waals surface area contributed by atoms with Gasteiger partial charge < -0.3 is 4.90 Å². The lowest BCUT2D eigenvalue weighted by Gasteiger charge is -2.35. The molecule has 0 N–H and O–H groups in total. The van der Waals surface area contributed by atoms with Crippen LogP contribution in [0.3, 0.4) is 0 Å². The van der Waals surface area contributed by atoms with Crippen LogP contribution in [-0.4, -0.2) is 23.9 Å². The zero-order valence-corrected chi connectivity index (χ0v) is 10.6. The third-order valence-electron chi connectivity index (χ3n) is 3.83. The minimum Gasteiger partial charge on any atom is -0.342 e. The average Bonchev–Trinajstić information content (AvgIpc) is 2.27. The molecule has 0 bridgehead atoms. The highest BCUT2D eigenvalue weighted by Gasteiger charge is 2.26. The van der Waals surface area contributed by atoms with Gasteiger partial charge in [-0.2, -0.15) is 0 Å². The molecule has 1 saturated heterocycles. The lowest BCUT2D eigenvalue weighted by atomic mass is 9.86. The fraction of sp³-hybridized carbons (Fsp3) is 0.923. The fourth-order valence-electron chi connectivity index (χ4n) is 2.27. The van der Waals surface area contributed by atoms with Crippen LogP contribution in [0.4, 0.5) is 0 Å². The summed E-state index contributed by atoms with van der Waals surface area (Å²) in [6.07, 6.45) is 3.35. The molecule has 1 unspecified atom stereocenters. The number of hydrogen-bond donors (Lipinski definition) is 0. The van der Waals surface area contributed by atoms with Crippen molar-refractivity contribution < 1.29 is 4.79 Å². The van der Waals surface area contributed by atoms with Crippen LogP contribution >= 0.6 is 0 Å². The van der Waals surface area contributed by atoms with E-state index in [2.05, 4.69) is 25.7 Å². The van der Waals surface area contributed by atoms with E-state index in [0.29, 0.717) is 5.91 Å². The van der Waals surface area contributed by atoms with Gasteiger partial charge in [-0.05, 0) is 31.1 Å². The molecule has 1 aliphatic heterocycles. The molecular formula is C13H25NO. The Morgan fingerprint density at radius 1 is 1.27 bits per heavy atom. The van der Waals surface area contributed by atoms with Gasteiger partial charge in [-0.3, -0.25) is 4.79 Å². The highest BCUT2D eigenvalue weighted by molar-refractivity contribution is 5.78. The molecule has 1 heterocycles. The summed E-state index contributed by atoms with van der Waals surface area (Å²) in [5.41, 5.74) is 0. The molecule has 0 aliphatic carbocycles. The van der Waals surface area contributed by atoms with Crippen LogP contribution in [0.25, 0.3) is 0 Å². The molecule has 88 valence electrons. The van der Waals surface area contributed by atoms with Gasteiger partial charge >= 0.3 is 0 Å².